The highest BCUT2D eigenvalue weighted by atomic mass is 32.2. The zero-order chi connectivity index (χ0) is 27.1. The van der Waals surface area contributed by atoms with E-state index < -0.39 is 45.6 Å². The SMILES string of the molecule is CC(C)n1cnc2c(c1=O)[C@@H](Cc1cccc(-c3cccc(C(F)F)c3F)c1F)[C@@H](NS(C)(=O)=O)CC2. The summed E-state index contributed by atoms with van der Waals surface area (Å²) in [6, 6.07) is 6.70. The van der Waals surface area contributed by atoms with Crippen molar-refractivity contribution in [3.63, 3.8) is 0 Å². The van der Waals surface area contributed by atoms with Crippen LogP contribution in [0.1, 0.15) is 61.0 Å². The van der Waals surface area contributed by atoms with Gasteiger partial charge in [-0.05, 0) is 38.7 Å². The predicted octanol–water partition coefficient (Wildman–Crippen LogP) is 4.90. The molecule has 0 radical (unpaired) electrons. The van der Waals surface area contributed by atoms with E-state index in [-0.39, 0.29) is 34.7 Å². The highest BCUT2D eigenvalue weighted by Gasteiger charge is 2.36. The van der Waals surface area contributed by atoms with Gasteiger partial charge in [-0.3, -0.25) is 9.36 Å². The number of halogens is 4. The maximum absolute atomic E-state index is 15.8. The van der Waals surface area contributed by atoms with E-state index in [0.29, 0.717) is 24.1 Å². The smallest absolute Gasteiger partial charge is 0.266 e. The molecule has 0 bridgehead atoms. The van der Waals surface area contributed by atoms with E-state index in [9.17, 15) is 26.4 Å². The van der Waals surface area contributed by atoms with Crippen molar-refractivity contribution in [1.82, 2.24) is 14.3 Å². The summed E-state index contributed by atoms with van der Waals surface area (Å²) in [5, 5.41) is 0. The molecule has 0 saturated heterocycles. The van der Waals surface area contributed by atoms with Crippen molar-refractivity contribution in [2.45, 2.75) is 57.5 Å². The Morgan fingerprint density at radius 3 is 2.35 bits per heavy atom. The van der Waals surface area contributed by atoms with Crippen LogP contribution in [0.2, 0.25) is 0 Å². The van der Waals surface area contributed by atoms with Crippen LogP contribution in [0.3, 0.4) is 0 Å². The first kappa shape index (κ1) is 27.0. The Bertz CT molecular complexity index is 1490. The summed E-state index contributed by atoms with van der Waals surface area (Å²) in [7, 11) is -3.66. The predicted molar refractivity (Wildman–Crippen MR) is 132 cm³/mol. The van der Waals surface area contributed by atoms with E-state index in [1.807, 2.05) is 13.8 Å². The molecule has 198 valence electrons. The fraction of sp³-hybridized carbons (Fsp3) is 0.385. The number of aryl methyl sites for hydroxylation is 1. The molecule has 1 heterocycles. The van der Waals surface area contributed by atoms with Crippen molar-refractivity contribution in [3.05, 3.63) is 87.1 Å². The summed E-state index contributed by atoms with van der Waals surface area (Å²) in [6.07, 6.45) is 0.0111. The van der Waals surface area contributed by atoms with Crippen LogP contribution in [0.4, 0.5) is 17.6 Å². The second-order valence-corrected chi connectivity index (χ2v) is 11.3. The molecular weight excluding hydrogens is 510 g/mol. The Hall–Kier alpha value is -3.05. The summed E-state index contributed by atoms with van der Waals surface area (Å²) in [5.74, 6) is -2.80. The summed E-state index contributed by atoms with van der Waals surface area (Å²) >= 11 is 0. The number of sulfonamides is 1. The lowest BCUT2D eigenvalue weighted by Crippen LogP contribution is -2.45. The van der Waals surface area contributed by atoms with Crippen LogP contribution in [0, 0.1) is 11.6 Å². The molecule has 0 unspecified atom stereocenters. The largest absolute Gasteiger partial charge is 0.296 e. The lowest BCUT2D eigenvalue weighted by Gasteiger charge is -2.33. The molecule has 4 rings (SSSR count). The number of alkyl halides is 2. The Labute approximate surface area is 212 Å². The molecule has 0 fully saturated rings. The zero-order valence-corrected chi connectivity index (χ0v) is 21.3. The van der Waals surface area contributed by atoms with Gasteiger partial charge >= 0.3 is 0 Å². The Morgan fingerprint density at radius 2 is 1.73 bits per heavy atom. The molecule has 11 heteroatoms. The third-order valence-electron chi connectivity index (χ3n) is 6.66. The molecule has 2 atom stereocenters. The highest BCUT2D eigenvalue weighted by molar-refractivity contribution is 7.88. The second-order valence-electron chi connectivity index (χ2n) is 9.55. The van der Waals surface area contributed by atoms with Crippen LogP contribution in [-0.2, 0) is 22.9 Å². The maximum atomic E-state index is 15.8. The average molecular weight is 538 g/mol. The van der Waals surface area contributed by atoms with Crippen LogP contribution in [0.15, 0.2) is 47.5 Å². The van der Waals surface area contributed by atoms with Gasteiger partial charge in [0.1, 0.15) is 11.6 Å². The van der Waals surface area contributed by atoms with Crippen molar-refractivity contribution in [3.8, 4) is 11.1 Å². The first-order valence-corrected chi connectivity index (χ1v) is 13.7. The number of aromatic nitrogens is 2. The van der Waals surface area contributed by atoms with Crippen LogP contribution >= 0.6 is 0 Å². The van der Waals surface area contributed by atoms with E-state index in [1.54, 1.807) is 0 Å². The van der Waals surface area contributed by atoms with E-state index in [0.717, 1.165) is 12.3 Å². The average Bonchev–Trinajstić information content (AvgIpc) is 2.81. The van der Waals surface area contributed by atoms with Gasteiger partial charge in [-0.15, -0.1) is 0 Å². The molecule has 1 N–H and O–H groups in total. The number of nitrogens with zero attached hydrogens (tertiary/aromatic N) is 2. The number of hydrogen-bond acceptors (Lipinski definition) is 4. The number of rotatable bonds is 7. The number of hydrogen-bond donors (Lipinski definition) is 1. The molecule has 0 saturated carbocycles. The lowest BCUT2D eigenvalue weighted by molar-refractivity contribution is 0.146. The van der Waals surface area contributed by atoms with Crippen LogP contribution in [-0.4, -0.2) is 30.3 Å². The Kier molecular flexibility index (Phi) is 7.57. The first-order chi connectivity index (χ1) is 17.4. The fourth-order valence-electron chi connectivity index (χ4n) is 4.92. The molecule has 0 spiro atoms. The van der Waals surface area contributed by atoms with Crippen molar-refractivity contribution in [2.24, 2.45) is 0 Å². The third-order valence-corrected chi connectivity index (χ3v) is 7.39. The Balaban J connectivity index is 1.84. The minimum atomic E-state index is -3.66. The molecule has 1 aliphatic rings. The minimum absolute atomic E-state index is 0.0882. The fourth-order valence-corrected chi connectivity index (χ4v) is 5.75. The summed E-state index contributed by atoms with van der Waals surface area (Å²) in [5.41, 5.74) is -0.761. The van der Waals surface area contributed by atoms with Crippen LogP contribution in [0.5, 0.6) is 0 Å². The Morgan fingerprint density at radius 1 is 1.08 bits per heavy atom. The van der Waals surface area contributed by atoms with E-state index in [2.05, 4.69) is 9.71 Å². The van der Waals surface area contributed by atoms with E-state index >= 15 is 4.39 Å². The van der Waals surface area contributed by atoms with Crippen molar-refractivity contribution in [1.29, 1.82) is 0 Å². The van der Waals surface area contributed by atoms with Gasteiger partial charge in [0, 0.05) is 34.7 Å². The third kappa shape index (κ3) is 5.47. The minimum Gasteiger partial charge on any atom is -0.296 e. The van der Waals surface area contributed by atoms with Gasteiger partial charge in [0.25, 0.3) is 12.0 Å². The van der Waals surface area contributed by atoms with E-state index in [4.69, 9.17) is 0 Å². The van der Waals surface area contributed by atoms with Gasteiger partial charge in [0.2, 0.25) is 10.0 Å². The van der Waals surface area contributed by atoms with Gasteiger partial charge in [-0.2, -0.15) is 0 Å². The first-order valence-electron chi connectivity index (χ1n) is 11.8. The lowest BCUT2D eigenvalue weighted by atomic mass is 9.78. The van der Waals surface area contributed by atoms with Crippen LogP contribution < -0.4 is 10.3 Å². The summed E-state index contributed by atoms with van der Waals surface area (Å²) < 4.78 is 85.3. The molecule has 0 aliphatic heterocycles. The van der Waals surface area contributed by atoms with Crippen LogP contribution in [0.25, 0.3) is 11.1 Å². The van der Waals surface area contributed by atoms with Crippen molar-refractivity contribution >= 4 is 10.0 Å². The van der Waals surface area contributed by atoms with Crippen molar-refractivity contribution < 1.29 is 26.0 Å². The molecule has 1 aliphatic carbocycles. The van der Waals surface area contributed by atoms with Gasteiger partial charge in [-0.25, -0.2) is 35.7 Å². The molecule has 6 nitrogen and oxygen atoms in total. The highest BCUT2D eigenvalue weighted by Crippen LogP contribution is 2.36. The molecular formula is C26H27F4N3O3S. The standard InChI is InChI=1S/C26H27F4N3O3S/c1-14(2)33-13-31-21-11-10-20(32-37(3,35)36)19(22(21)26(33)34)12-15-6-4-7-16(23(15)27)17-8-5-9-18(24(17)28)25(29)30/h4-9,13-14,19-20,25,32H,10-12H2,1-3H3/t19-,20-/m0/s1. The summed E-state index contributed by atoms with van der Waals surface area (Å²) in [6.45, 7) is 3.62. The van der Waals surface area contributed by atoms with Gasteiger partial charge in [0.15, 0.2) is 0 Å². The molecule has 3 aromatic rings. The number of fused-ring (bicyclic) bond motifs is 1. The molecule has 37 heavy (non-hydrogen) atoms. The van der Waals surface area contributed by atoms with Crippen molar-refractivity contribution in [2.75, 3.05) is 6.26 Å². The van der Waals surface area contributed by atoms with E-state index in [1.165, 1.54) is 41.2 Å². The molecule has 0 amide bonds. The van der Waals surface area contributed by atoms with Gasteiger partial charge < -0.3 is 0 Å². The molecule has 1 aromatic heterocycles. The number of nitrogens with one attached hydrogen (secondary N) is 1. The van der Waals surface area contributed by atoms with Gasteiger partial charge in [0.05, 0.1) is 23.8 Å². The second kappa shape index (κ2) is 10.4. The summed E-state index contributed by atoms with van der Waals surface area (Å²) in [4.78, 5) is 17.8. The molecule has 2 aromatic carbocycles. The maximum Gasteiger partial charge on any atom is 0.266 e. The zero-order valence-electron chi connectivity index (χ0n) is 20.5. The quantitative estimate of drug-likeness (QED) is 0.435. The topological polar surface area (TPSA) is 81.1 Å². The van der Waals surface area contributed by atoms with Gasteiger partial charge in [-0.1, -0.05) is 36.4 Å². The normalized spacial score (nSPS) is 17.9. The number of benzene rings is 2. The monoisotopic (exact) mass is 537 g/mol.